The lowest BCUT2D eigenvalue weighted by Crippen LogP contribution is -2.02. The van der Waals surface area contributed by atoms with E-state index in [2.05, 4.69) is 15.9 Å². The number of rotatable bonds is 4. The van der Waals surface area contributed by atoms with Gasteiger partial charge in [0.2, 0.25) is 5.78 Å². The van der Waals surface area contributed by atoms with E-state index < -0.39 is 11.6 Å². The number of methoxy groups -OCH3 is 1. The monoisotopic (exact) mass is 359 g/mol. The lowest BCUT2D eigenvalue weighted by molar-refractivity contribution is 0.104. The number of hydrogen-bond acceptors (Lipinski definition) is 3. The normalized spacial score (nSPS) is 10.9. The maximum Gasteiger partial charge on any atom is 0.203 e. The zero-order valence-corrected chi connectivity index (χ0v) is 13.2. The van der Waals surface area contributed by atoms with E-state index in [4.69, 9.17) is 4.74 Å². The zero-order valence-electron chi connectivity index (χ0n) is 11.6. The molecule has 0 heterocycles. The molecule has 0 unspecified atom stereocenters. The second kappa shape index (κ2) is 7.01. The van der Waals surface area contributed by atoms with Gasteiger partial charge in [0, 0.05) is 15.6 Å². The van der Waals surface area contributed by atoms with E-state index >= 15 is 0 Å². The number of carbonyl (C=O) groups excluding carboxylic acids is 1. The highest BCUT2D eigenvalue weighted by Gasteiger charge is 2.13. The van der Waals surface area contributed by atoms with Crippen molar-refractivity contribution in [3.05, 3.63) is 69.5 Å². The van der Waals surface area contributed by atoms with Crippen LogP contribution in [-0.2, 0) is 0 Å². The third kappa shape index (κ3) is 3.60. The molecule has 0 saturated carbocycles. The first kappa shape index (κ1) is 15.9. The second-order valence-electron chi connectivity index (χ2n) is 4.39. The topological polar surface area (TPSA) is 50.1 Å². The number of benzene rings is 2. The molecule has 22 heavy (non-hydrogen) atoms. The SMILES string of the molecule is COc1ccc(Br)cc1/C=C(\C#N)C(=O)c1ccc(F)cc1. The van der Waals surface area contributed by atoms with Crippen LogP contribution in [0.15, 0.2) is 52.5 Å². The molecule has 2 rings (SSSR count). The Hall–Kier alpha value is -2.45. The van der Waals surface area contributed by atoms with Crippen molar-refractivity contribution < 1.29 is 13.9 Å². The summed E-state index contributed by atoms with van der Waals surface area (Å²) in [5.74, 6) is -0.361. The van der Waals surface area contributed by atoms with E-state index in [1.807, 2.05) is 6.07 Å². The van der Waals surface area contributed by atoms with E-state index in [0.717, 1.165) is 4.47 Å². The molecular formula is C17H11BrFNO2. The summed E-state index contributed by atoms with van der Waals surface area (Å²) in [6.45, 7) is 0. The number of nitriles is 1. The number of ether oxygens (including phenoxy) is 1. The Morgan fingerprint density at radius 1 is 1.27 bits per heavy atom. The van der Waals surface area contributed by atoms with E-state index in [1.54, 1.807) is 18.2 Å². The molecule has 0 aliphatic heterocycles. The molecule has 5 heteroatoms. The zero-order chi connectivity index (χ0) is 16.1. The van der Waals surface area contributed by atoms with Crippen molar-refractivity contribution in [2.75, 3.05) is 7.11 Å². The molecule has 0 aliphatic carbocycles. The third-order valence-corrected chi connectivity index (χ3v) is 3.46. The first-order chi connectivity index (χ1) is 10.5. The Bertz CT molecular complexity index is 776. The molecule has 3 nitrogen and oxygen atoms in total. The number of hydrogen-bond donors (Lipinski definition) is 0. The molecule has 0 amide bonds. The standard InChI is InChI=1S/C17H11BrFNO2/c1-22-16-7-4-14(18)9-12(16)8-13(10-20)17(21)11-2-5-15(19)6-3-11/h2-9H,1H3/b13-8+. The quantitative estimate of drug-likeness (QED) is 0.462. The third-order valence-electron chi connectivity index (χ3n) is 2.96. The second-order valence-corrected chi connectivity index (χ2v) is 5.31. The van der Waals surface area contributed by atoms with Crippen molar-refractivity contribution in [1.82, 2.24) is 0 Å². The number of allylic oxidation sites excluding steroid dienone is 1. The van der Waals surface area contributed by atoms with Crippen LogP contribution in [0, 0.1) is 17.1 Å². The van der Waals surface area contributed by atoms with Gasteiger partial charge in [-0.25, -0.2) is 4.39 Å². The largest absolute Gasteiger partial charge is 0.496 e. The number of carbonyl (C=O) groups is 1. The fraction of sp³-hybridized carbons (Fsp3) is 0.0588. The number of Topliss-reactive ketones (excluding diaryl/α,β-unsaturated/α-hetero) is 1. The van der Waals surface area contributed by atoms with Gasteiger partial charge in [-0.3, -0.25) is 4.79 Å². The van der Waals surface area contributed by atoms with Crippen LogP contribution < -0.4 is 4.74 Å². The average Bonchev–Trinajstić information content (AvgIpc) is 2.53. The van der Waals surface area contributed by atoms with Crippen molar-refractivity contribution >= 4 is 27.8 Å². The van der Waals surface area contributed by atoms with E-state index in [0.29, 0.717) is 11.3 Å². The molecule has 0 saturated heterocycles. The summed E-state index contributed by atoms with van der Waals surface area (Å²) in [5.41, 5.74) is 0.801. The van der Waals surface area contributed by atoms with Crippen molar-refractivity contribution in [2.45, 2.75) is 0 Å². The Morgan fingerprint density at radius 3 is 2.55 bits per heavy atom. The van der Waals surface area contributed by atoms with Crippen LogP contribution >= 0.6 is 15.9 Å². The first-order valence-corrected chi connectivity index (χ1v) is 7.10. The van der Waals surface area contributed by atoms with Gasteiger partial charge < -0.3 is 4.74 Å². The maximum absolute atomic E-state index is 12.9. The van der Waals surface area contributed by atoms with Crippen LogP contribution in [0.25, 0.3) is 6.08 Å². The summed E-state index contributed by atoms with van der Waals surface area (Å²) in [6.07, 6.45) is 1.45. The van der Waals surface area contributed by atoms with Crippen molar-refractivity contribution in [1.29, 1.82) is 5.26 Å². The molecule has 0 aliphatic rings. The molecule has 0 bridgehead atoms. The van der Waals surface area contributed by atoms with E-state index in [9.17, 15) is 14.4 Å². The fourth-order valence-corrected chi connectivity index (χ4v) is 2.26. The molecule has 2 aromatic carbocycles. The predicted molar refractivity (Wildman–Crippen MR) is 85.0 cm³/mol. The lowest BCUT2D eigenvalue weighted by Gasteiger charge is -2.06. The van der Waals surface area contributed by atoms with Crippen LogP contribution in [0.5, 0.6) is 5.75 Å². The van der Waals surface area contributed by atoms with E-state index in [-0.39, 0.29) is 11.1 Å². The number of halogens is 2. The van der Waals surface area contributed by atoms with Gasteiger partial charge in [-0.15, -0.1) is 0 Å². The summed E-state index contributed by atoms with van der Waals surface area (Å²) in [4.78, 5) is 12.3. The molecule has 0 radical (unpaired) electrons. The van der Waals surface area contributed by atoms with Crippen molar-refractivity contribution in [3.8, 4) is 11.8 Å². The minimum absolute atomic E-state index is 0.0528. The summed E-state index contributed by atoms with van der Waals surface area (Å²) >= 11 is 3.33. The van der Waals surface area contributed by atoms with Gasteiger partial charge in [0.25, 0.3) is 0 Å². The summed E-state index contributed by atoms with van der Waals surface area (Å²) in [6, 6.07) is 12.2. The summed E-state index contributed by atoms with van der Waals surface area (Å²) < 4.78 is 18.9. The molecule has 0 atom stereocenters. The van der Waals surface area contributed by atoms with E-state index in [1.165, 1.54) is 37.5 Å². The summed E-state index contributed by atoms with van der Waals surface area (Å²) in [5, 5.41) is 9.24. The Labute approximate surface area is 135 Å². The van der Waals surface area contributed by atoms with Gasteiger partial charge in [-0.05, 0) is 48.5 Å². The van der Waals surface area contributed by atoms with Crippen molar-refractivity contribution in [2.24, 2.45) is 0 Å². The van der Waals surface area contributed by atoms with Crippen LogP contribution in [0.2, 0.25) is 0 Å². The summed E-state index contributed by atoms with van der Waals surface area (Å²) in [7, 11) is 1.51. The van der Waals surface area contributed by atoms with Gasteiger partial charge in [0.15, 0.2) is 0 Å². The molecular weight excluding hydrogens is 349 g/mol. The van der Waals surface area contributed by atoms with Gasteiger partial charge in [0.1, 0.15) is 23.2 Å². The highest BCUT2D eigenvalue weighted by Crippen LogP contribution is 2.26. The Kier molecular flexibility index (Phi) is 5.08. The van der Waals surface area contributed by atoms with Gasteiger partial charge in [-0.1, -0.05) is 15.9 Å². The minimum Gasteiger partial charge on any atom is -0.496 e. The number of nitrogens with zero attached hydrogens (tertiary/aromatic N) is 1. The van der Waals surface area contributed by atoms with Crippen LogP contribution in [0.3, 0.4) is 0 Å². The first-order valence-electron chi connectivity index (χ1n) is 6.30. The van der Waals surface area contributed by atoms with Crippen LogP contribution in [0.1, 0.15) is 15.9 Å². The lowest BCUT2D eigenvalue weighted by atomic mass is 10.0. The maximum atomic E-state index is 12.9. The molecule has 0 N–H and O–H groups in total. The smallest absolute Gasteiger partial charge is 0.203 e. The van der Waals surface area contributed by atoms with Crippen LogP contribution in [0.4, 0.5) is 4.39 Å². The molecule has 2 aromatic rings. The minimum atomic E-state index is -0.468. The molecule has 110 valence electrons. The molecule has 0 spiro atoms. The molecule has 0 aromatic heterocycles. The Balaban J connectivity index is 2.44. The Morgan fingerprint density at radius 2 is 1.95 bits per heavy atom. The van der Waals surface area contributed by atoms with Gasteiger partial charge in [-0.2, -0.15) is 5.26 Å². The number of ketones is 1. The van der Waals surface area contributed by atoms with Gasteiger partial charge >= 0.3 is 0 Å². The fourth-order valence-electron chi connectivity index (χ4n) is 1.88. The average molecular weight is 360 g/mol. The predicted octanol–water partition coefficient (Wildman–Crippen LogP) is 4.39. The highest BCUT2D eigenvalue weighted by atomic mass is 79.9. The van der Waals surface area contributed by atoms with Gasteiger partial charge in [0.05, 0.1) is 7.11 Å². The molecule has 0 fully saturated rings. The van der Waals surface area contributed by atoms with Crippen LogP contribution in [-0.4, -0.2) is 12.9 Å². The highest BCUT2D eigenvalue weighted by molar-refractivity contribution is 9.10. The van der Waals surface area contributed by atoms with Crippen molar-refractivity contribution in [3.63, 3.8) is 0 Å².